The van der Waals surface area contributed by atoms with Crippen molar-refractivity contribution in [2.45, 2.75) is 75.8 Å². The molecule has 2 amide bonds. The molecular weight excluding hydrogens is 770 g/mol. The number of aromatic nitrogens is 7. The second-order valence-electron chi connectivity index (χ2n) is 12.8. The highest BCUT2D eigenvalue weighted by atomic mass is 16.5. The van der Waals surface area contributed by atoms with E-state index in [1.165, 1.54) is 36.1 Å². The average Bonchev–Trinajstić information content (AvgIpc) is 3.63. The van der Waals surface area contributed by atoms with Crippen LogP contribution in [-0.4, -0.2) is 147 Å². The van der Waals surface area contributed by atoms with Gasteiger partial charge in [-0.05, 0) is 37.6 Å². The monoisotopic (exact) mass is 813 g/mol. The summed E-state index contributed by atoms with van der Waals surface area (Å²) in [6.45, 7) is 1.02. The van der Waals surface area contributed by atoms with Crippen molar-refractivity contribution in [2.75, 3.05) is 31.4 Å². The fourth-order valence-corrected chi connectivity index (χ4v) is 5.33. The molecule has 6 atom stereocenters. The maximum atomic E-state index is 12.9. The lowest BCUT2D eigenvalue weighted by atomic mass is 10.0. The van der Waals surface area contributed by atoms with Crippen molar-refractivity contribution in [1.29, 1.82) is 0 Å². The van der Waals surface area contributed by atoms with Gasteiger partial charge in [0.25, 0.3) is 11.5 Å². The van der Waals surface area contributed by atoms with Gasteiger partial charge in [0.1, 0.15) is 24.4 Å². The molecule has 0 aliphatic carbocycles. The van der Waals surface area contributed by atoms with E-state index in [1.54, 1.807) is 12.1 Å². The first-order valence-corrected chi connectivity index (χ1v) is 17.5. The highest BCUT2D eigenvalue weighted by Gasteiger charge is 2.36. The predicted octanol–water partition coefficient (Wildman–Crippen LogP) is -3.02. The summed E-state index contributed by atoms with van der Waals surface area (Å²) in [5.41, 5.74) is 6.57. The predicted molar refractivity (Wildman–Crippen MR) is 198 cm³/mol. The van der Waals surface area contributed by atoms with Crippen LogP contribution in [0, 0.1) is 0 Å². The molecule has 4 aromatic rings. The molecule has 2 unspecified atom stereocenters. The van der Waals surface area contributed by atoms with Crippen LogP contribution in [0.25, 0.3) is 11.2 Å². The van der Waals surface area contributed by atoms with Gasteiger partial charge in [-0.3, -0.25) is 24.2 Å². The van der Waals surface area contributed by atoms with Gasteiger partial charge >= 0.3 is 11.9 Å². The molecule has 0 spiro atoms. The van der Waals surface area contributed by atoms with Crippen LogP contribution in [0.4, 0.5) is 11.6 Å². The third-order valence-corrected chi connectivity index (χ3v) is 8.50. The summed E-state index contributed by atoms with van der Waals surface area (Å²) in [5.74, 6) is -4.76. The zero-order valence-corrected chi connectivity index (χ0v) is 31.1. The maximum Gasteiger partial charge on any atom is 0.335 e. The molecule has 58 heavy (non-hydrogen) atoms. The molecule has 0 bridgehead atoms. The normalized spacial score (nSPS) is 14.4. The number of aromatic amines is 1. The lowest BCUT2D eigenvalue weighted by Gasteiger charge is -2.26. The maximum absolute atomic E-state index is 12.9. The Morgan fingerprint density at radius 3 is 2.34 bits per heavy atom. The molecule has 11 N–H and O–H groups in total. The third-order valence-electron chi connectivity index (χ3n) is 8.50. The van der Waals surface area contributed by atoms with Crippen LogP contribution >= 0.6 is 0 Å². The van der Waals surface area contributed by atoms with E-state index < -0.39 is 78.2 Å². The summed E-state index contributed by atoms with van der Waals surface area (Å²) in [7, 11) is 1.02. The smallest absolute Gasteiger partial charge is 0.335 e. The molecule has 0 aliphatic rings. The Morgan fingerprint density at radius 2 is 1.69 bits per heavy atom. The van der Waals surface area contributed by atoms with Gasteiger partial charge < -0.3 is 56.7 Å². The molecule has 24 heteroatoms. The standard InChI is InChI=1S/C34H43N11O13/c1-16(46)22(11-19-14-45(44-43-19)9-10-58-15-23(47)26(49)27(50)28(57-2)33(55)56)39-24(48)8-7-21(32(53)54)40-30(51)17-3-5-18(6-4-17)36-12-20-13-37-29-25(38-20)31(52)42-34(35)41-29/h3-6,13-14,21-23,26-28,36,47,49-50H,7-12,15H2,1-2H3,(H,39,48)(H,40,51)(H,53,54)(H,55,56)(H3,35,37,41,42,52)/t21-,22-,23+,26+,27?,28?/m0/s1. The lowest BCUT2D eigenvalue weighted by molar-refractivity contribution is -0.169. The summed E-state index contributed by atoms with van der Waals surface area (Å²) in [5, 5.41) is 64.7. The second kappa shape index (κ2) is 20.6. The number of aliphatic hydroxyl groups excluding tert-OH is 3. The number of amides is 2. The van der Waals surface area contributed by atoms with Crippen molar-refractivity contribution >= 4 is 52.3 Å². The van der Waals surface area contributed by atoms with Gasteiger partial charge in [0.2, 0.25) is 11.9 Å². The first-order valence-electron chi connectivity index (χ1n) is 17.5. The molecule has 4 rings (SSSR count). The number of ether oxygens (including phenoxy) is 2. The topological polar surface area (TPSA) is 369 Å². The Kier molecular flexibility index (Phi) is 15.7. The number of aliphatic hydroxyl groups is 3. The zero-order chi connectivity index (χ0) is 42.5. The first-order chi connectivity index (χ1) is 27.6. The number of benzene rings is 1. The molecule has 3 aromatic heterocycles. The van der Waals surface area contributed by atoms with Crippen LogP contribution in [0.3, 0.4) is 0 Å². The van der Waals surface area contributed by atoms with E-state index in [0.29, 0.717) is 17.1 Å². The average molecular weight is 814 g/mol. The Hall–Kier alpha value is -6.47. The number of methoxy groups -OCH3 is 1. The highest BCUT2D eigenvalue weighted by Crippen LogP contribution is 2.13. The number of aliphatic carboxylic acids is 2. The molecule has 312 valence electrons. The first kappa shape index (κ1) is 44.2. The number of H-pyrrole nitrogens is 1. The molecule has 0 radical (unpaired) electrons. The van der Waals surface area contributed by atoms with Crippen LogP contribution < -0.4 is 27.2 Å². The third kappa shape index (κ3) is 12.5. The molecule has 0 saturated heterocycles. The van der Waals surface area contributed by atoms with Crippen molar-refractivity contribution in [2.24, 2.45) is 0 Å². The van der Waals surface area contributed by atoms with Gasteiger partial charge in [-0.15, -0.1) is 5.10 Å². The number of nitrogens with zero attached hydrogens (tertiary/aromatic N) is 6. The van der Waals surface area contributed by atoms with Crippen LogP contribution in [-0.2, 0) is 48.2 Å². The Morgan fingerprint density at radius 1 is 0.966 bits per heavy atom. The number of nitrogens with one attached hydrogen (secondary N) is 4. The van der Waals surface area contributed by atoms with E-state index in [4.69, 9.17) is 15.6 Å². The molecule has 3 heterocycles. The number of hydrogen-bond donors (Lipinski definition) is 10. The minimum Gasteiger partial charge on any atom is -0.480 e. The number of carbonyl (C=O) groups is 5. The molecule has 24 nitrogen and oxygen atoms in total. The number of nitrogens with two attached hydrogens (primary N) is 1. The molecule has 0 aliphatic heterocycles. The minimum atomic E-state index is -1.92. The summed E-state index contributed by atoms with van der Waals surface area (Å²) in [6.07, 6.45) is -4.98. The van der Waals surface area contributed by atoms with E-state index in [0.717, 1.165) is 7.11 Å². The Bertz CT molecular complexity index is 2130. The summed E-state index contributed by atoms with van der Waals surface area (Å²) in [6, 6.07) is 3.60. The van der Waals surface area contributed by atoms with E-state index >= 15 is 0 Å². The SMILES string of the molecule is COC(C(=O)O)C(O)[C@H](O)[C@H](O)COCCn1cc(C[C@H](NC(=O)CC[C@H](NC(=O)c2ccc(NCc3cnc4nc(N)[nH]c(=O)c4n3)cc2)C(=O)O)C(C)=O)nn1. The van der Waals surface area contributed by atoms with Crippen LogP contribution in [0.1, 0.15) is 41.5 Å². The van der Waals surface area contributed by atoms with Gasteiger partial charge in [-0.25, -0.2) is 24.2 Å². The number of carbonyl (C=O) groups excluding carboxylic acids is 3. The fraction of sp³-hybridized carbons (Fsp3) is 0.441. The minimum absolute atomic E-state index is 0.0190. The largest absolute Gasteiger partial charge is 0.480 e. The van der Waals surface area contributed by atoms with Gasteiger partial charge in [-0.2, -0.15) is 4.98 Å². The molecule has 0 fully saturated rings. The Labute approximate surface area is 327 Å². The van der Waals surface area contributed by atoms with Crippen LogP contribution in [0.15, 0.2) is 41.5 Å². The van der Waals surface area contributed by atoms with Crippen molar-refractivity contribution in [3.05, 3.63) is 64.0 Å². The number of rotatable bonds is 23. The van der Waals surface area contributed by atoms with Crippen molar-refractivity contribution in [1.82, 2.24) is 45.6 Å². The summed E-state index contributed by atoms with van der Waals surface area (Å²) >= 11 is 0. The number of nitrogen functional groups attached to an aromatic ring is 1. The summed E-state index contributed by atoms with van der Waals surface area (Å²) < 4.78 is 11.2. The molecule has 0 saturated carbocycles. The number of Topliss-reactive ketones (excluding diaryl/α,β-unsaturated/α-hetero) is 1. The van der Waals surface area contributed by atoms with E-state index in [-0.39, 0.29) is 61.6 Å². The summed E-state index contributed by atoms with van der Waals surface area (Å²) in [4.78, 5) is 87.8. The van der Waals surface area contributed by atoms with E-state index in [9.17, 15) is 49.2 Å². The van der Waals surface area contributed by atoms with Gasteiger partial charge in [0.15, 0.2) is 23.1 Å². The number of ketones is 1. The molecule has 1 aromatic carbocycles. The quantitative estimate of drug-likeness (QED) is 0.0333. The zero-order valence-electron chi connectivity index (χ0n) is 31.1. The van der Waals surface area contributed by atoms with Crippen molar-refractivity contribution in [3.63, 3.8) is 0 Å². The molecular formula is C34H43N11O13. The van der Waals surface area contributed by atoms with Crippen molar-refractivity contribution < 1.29 is 59.0 Å². The number of fused-ring (bicyclic) bond motifs is 1. The fourth-order valence-electron chi connectivity index (χ4n) is 5.33. The van der Waals surface area contributed by atoms with Crippen LogP contribution in [0.5, 0.6) is 0 Å². The number of carboxylic acid groups (broad SMARTS) is 2. The number of hydrogen-bond acceptors (Lipinski definition) is 18. The Balaban J connectivity index is 1.21. The van der Waals surface area contributed by atoms with E-state index in [2.05, 4.69) is 50.9 Å². The van der Waals surface area contributed by atoms with Gasteiger partial charge in [-0.1, -0.05) is 5.21 Å². The number of anilines is 2. The van der Waals surface area contributed by atoms with E-state index in [1.807, 2.05) is 0 Å². The van der Waals surface area contributed by atoms with Crippen molar-refractivity contribution in [3.8, 4) is 0 Å². The lowest BCUT2D eigenvalue weighted by Crippen LogP contribution is -2.49. The highest BCUT2D eigenvalue weighted by molar-refractivity contribution is 5.97. The van der Waals surface area contributed by atoms with Gasteiger partial charge in [0.05, 0.1) is 49.9 Å². The van der Waals surface area contributed by atoms with Gasteiger partial charge in [0, 0.05) is 37.4 Å². The van der Waals surface area contributed by atoms with Crippen LogP contribution in [0.2, 0.25) is 0 Å². The second-order valence-corrected chi connectivity index (χ2v) is 12.8. The number of carboxylic acids is 2.